The predicted octanol–water partition coefficient (Wildman–Crippen LogP) is -1.41. The maximum atomic E-state index is 12.0. The van der Waals surface area contributed by atoms with Gasteiger partial charge in [-0.2, -0.15) is 0 Å². The first-order chi connectivity index (χ1) is 7.76. The van der Waals surface area contributed by atoms with Gasteiger partial charge < -0.3 is 19.9 Å². The number of rotatable bonds is 3. The van der Waals surface area contributed by atoms with E-state index >= 15 is 0 Å². The van der Waals surface area contributed by atoms with Gasteiger partial charge in [-0.3, -0.25) is 4.79 Å². The number of aromatic nitrogens is 3. The molecule has 2 N–H and O–H groups in total. The second kappa shape index (κ2) is 4.58. The van der Waals surface area contributed by atoms with E-state index in [1.807, 2.05) is 4.57 Å². The van der Waals surface area contributed by atoms with Gasteiger partial charge in [0.1, 0.15) is 12.4 Å². The minimum absolute atomic E-state index is 0.0840. The summed E-state index contributed by atoms with van der Waals surface area (Å²) in [5, 5.41) is 7.75. The smallest absolute Gasteiger partial charge is 0.253 e. The molecule has 88 valence electrons. The third-order valence-corrected chi connectivity index (χ3v) is 2.72. The van der Waals surface area contributed by atoms with Crippen molar-refractivity contribution in [3.63, 3.8) is 0 Å². The van der Waals surface area contributed by atoms with Crippen molar-refractivity contribution in [3.05, 3.63) is 12.2 Å². The number of methoxy groups -OCH3 is 1. The van der Waals surface area contributed by atoms with Gasteiger partial charge in [-0.15, -0.1) is 10.2 Å². The van der Waals surface area contributed by atoms with Crippen LogP contribution in [-0.2, 0) is 22.6 Å². The van der Waals surface area contributed by atoms with Crippen molar-refractivity contribution < 1.29 is 9.53 Å². The summed E-state index contributed by atoms with van der Waals surface area (Å²) >= 11 is 0. The maximum absolute atomic E-state index is 12.0. The molecule has 2 rings (SSSR count). The number of ether oxygens (including phenoxy) is 1. The Labute approximate surface area is 93.2 Å². The van der Waals surface area contributed by atoms with Crippen LogP contribution >= 0.6 is 0 Å². The number of fused-ring (bicyclic) bond motifs is 1. The van der Waals surface area contributed by atoms with Gasteiger partial charge in [0.25, 0.3) is 5.91 Å². The quantitative estimate of drug-likeness (QED) is 0.683. The fourth-order valence-corrected chi connectivity index (χ4v) is 1.76. The second-order valence-electron chi connectivity index (χ2n) is 3.66. The Balaban J connectivity index is 2.05. The van der Waals surface area contributed by atoms with E-state index in [4.69, 9.17) is 10.5 Å². The van der Waals surface area contributed by atoms with Gasteiger partial charge in [0.05, 0.1) is 6.54 Å². The molecule has 0 saturated carbocycles. The summed E-state index contributed by atoms with van der Waals surface area (Å²) in [4.78, 5) is 13.7. The molecular formula is C9H15N5O2. The average molecular weight is 225 g/mol. The fraction of sp³-hybridized carbons (Fsp3) is 0.667. The molecule has 0 spiro atoms. The highest BCUT2D eigenvalue weighted by Crippen LogP contribution is 2.10. The van der Waals surface area contributed by atoms with Crippen LogP contribution < -0.4 is 5.73 Å². The van der Waals surface area contributed by atoms with E-state index in [9.17, 15) is 4.79 Å². The second-order valence-corrected chi connectivity index (χ2v) is 3.66. The van der Waals surface area contributed by atoms with Gasteiger partial charge in [0.2, 0.25) is 0 Å². The zero-order valence-corrected chi connectivity index (χ0v) is 9.17. The fourth-order valence-electron chi connectivity index (χ4n) is 1.76. The number of carbonyl (C=O) groups excluding carboxylic acids is 1. The van der Waals surface area contributed by atoms with E-state index in [0.29, 0.717) is 13.1 Å². The molecule has 1 amide bonds. The molecule has 0 bridgehead atoms. The number of carbonyl (C=O) groups is 1. The predicted molar refractivity (Wildman–Crippen MR) is 55.3 cm³/mol. The Hall–Kier alpha value is -1.47. The molecule has 1 aromatic heterocycles. The van der Waals surface area contributed by atoms with E-state index in [-0.39, 0.29) is 12.5 Å². The summed E-state index contributed by atoms with van der Waals surface area (Å²) in [7, 11) is 1.49. The van der Waals surface area contributed by atoms with E-state index in [1.165, 1.54) is 7.11 Å². The Kier molecular flexibility index (Phi) is 3.16. The first-order valence-corrected chi connectivity index (χ1v) is 5.14. The number of hydrogen-bond donors (Lipinski definition) is 1. The highest BCUT2D eigenvalue weighted by atomic mass is 16.5. The van der Waals surface area contributed by atoms with Crippen LogP contribution in [0.15, 0.2) is 6.33 Å². The molecule has 7 nitrogen and oxygen atoms in total. The molecule has 1 aromatic rings. The Morgan fingerprint density at radius 1 is 1.69 bits per heavy atom. The summed E-state index contributed by atoms with van der Waals surface area (Å²) in [5.74, 6) is 0.714. The molecule has 1 unspecified atom stereocenters. The minimum Gasteiger partial charge on any atom is -0.370 e. The summed E-state index contributed by atoms with van der Waals surface area (Å²) in [6.45, 7) is 2.02. The lowest BCUT2D eigenvalue weighted by atomic mass is 10.2. The van der Waals surface area contributed by atoms with Crippen LogP contribution in [0.5, 0.6) is 0 Å². The van der Waals surface area contributed by atoms with Crippen LogP contribution in [0.1, 0.15) is 5.82 Å². The number of nitrogens with zero attached hydrogens (tertiary/aromatic N) is 4. The first-order valence-electron chi connectivity index (χ1n) is 5.14. The van der Waals surface area contributed by atoms with Gasteiger partial charge in [0, 0.05) is 26.7 Å². The summed E-state index contributed by atoms with van der Waals surface area (Å²) in [6, 6.07) is 0. The van der Waals surface area contributed by atoms with E-state index in [1.54, 1.807) is 11.2 Å². The van der Waals surface area contributed by atoms with Gasteiger partial charge in [-0.25, -0.2) is 0 Å². The number of nitrogens with two attached hydrogens (primary N) is 1. The van der Waals surface area contributed by atoms with Crippen molar-refractivity contribution in [2.75, 3.05) is 20.2 Å². The van der Waals surface area contributed by atoms with Crippen LogP contribution in [0.3, 0.4) is 0 Å². The van der Waals surface area contributed by atoms with E-state index in [2.05, 4.69) is 10.2 Å². The molecule has 1 aliphatic heterocycles. The number of hydrogen-bond acceptors (Lipinski definition) is 5. The highest BCUT2D eigenvalue weighted by Gasteiger charge is 2.27. The van der Waals surface area contributed by atoms with Crippen molar-refractivity contribution >= 4 is 5.91 Å². The third-order valence-electron chi connectivity index (χ3n) is 2.72. The average Bonchev–Trinajstić information content (AvgIpc) is 2.77. The SMILES string of the molecule is COC(CN)C(=O)N1CCn2cnnc2C1. The lowest BCUT2D eigenvalue weighted by Crippen LogP contribution is -2.46. The normalized spacial score (nSPS) is 17.0. The zero-order chi connectivity index (χ0) is 11.5. The zero-order valence-electron chi connectivity index (χ0n) is 9.17. The molecule has 1 aliphatic rings. The molecule has 1 atom stereocenters. The molecule has 0 aromatic carbocycles. The molecule has 0 aliphatic carbocycles. The Morgan fingerprint density at radius 2 is 2.50 bits per heavy atom. The number of amides is 1. The largest absolute Gasteiger partial charge is 0.370 e. The van der Waals surface area contributed by atoms with E-state index < -0.39 is 6.10 Å². The van der Waals surface area contributed by atoms with Crippen molar-refractivity contribution in [2.45, 2.75) is 19.2 Å². The van der Waals surface area contributed by atoms with Gasteiger partial charge >= 0.3 is 0 Å². The highest BCUT2D eigenvalue weighted by molar-refractivity contribution is 5.81. The summed E-state index contributed by atoms with van der Waals surface area (Å²) < 4.78 is 6.96. The van der Waals surface area contributed by atoms with Crippen molar-refractivity contribution in [2.24, 2.45) is 5.73 Å². The molecular weight excluding hydrogens is 210 g/mol. The Morgan fingerprint density at radius 3 is 3.19 bits per heavy atom. The van der Waals surface area contributed by atoms with E-state index in [0.717, 1.165) is 12.4 Å². The topological polar surface area (TPSA) is 86.3 Å². The summed E-state index contributed by atoms with van der Waals surface area (Å²) in [5.41, 5.74) is 5.46. The van der Waals surface area contributed by atoms with Crippen LogP contribution in [0, 0.1) is 0 Å². The molecule has 0 radical (unpaired) electrons. The Bertz CT molecular complexity index is 374. The van der Waals surface area contributed by atoms with Gasteiger partial charge in [0.15, 0.2) is 5.82 Å². The van der Waals surface area contributed by atoms with Crippen molar-refractivity contribution in [1.29, 1.82) is 0 Å². The standard InChI is InChI=1S/C9H15N5O2/c1-16-7(4-10)9(15)13-2-3-14-6-11-12-8(14)5-13/h6-7H,2-5,10H2,1H3. The van der Waals surface area contributed by atoms with Crippen molar-refractivity contribution in [1.82, 2.24) is 19.7 Å². The van der Waals surface area contributed by atoms with Gasteiger partial charge in [-0.1, -0.05) is 0 Å². The van der Waals surface area contributed by atoms with Crippen LogP contribution in [0.4, 0.5) is 0 Å². The monoisotopic (exact) mass is 225 g/mol. The van der Waals surface area contributed by atoms with Crippen molar-refractivity contribution in [3.8, 4) is 0 Å². The van der Waals surface area contributed by atoms with Crippen LogP contribution in [-0.4, -0.2) is 51.9 Å². The molecule has 16 heavy (non-hydrogen) atoms. The molecule has 2 heterocycles. The first kappa shape index (κ1) is 11.0. The molecule has 0 saturated heterocycles. The summed E-state index contributed by atoms with van der Waals surface area (Å²) in [6.07, 6.45) is 1.11. The lowest BCUT2D eigenvalue weighted by molar-refractivity contribution is -0.142. The third kappa shape index (κ3) is 1.91. The maximum Gasteiger partial charge on any atom is 0.253 e. The lowest BCUT2D eigenvalue weighted by Gasteiger charge is -2.29. The van der Waals surface area contributed by atoms with Crippen LogP contribution in [0.2, 0.25) is 0 Å². The molecule has 0 fully saturated rings. The minimum atomic E-state index is -0.561. The van der Waals surface area contributed by atoms with Gasteiger partial charge in [-0.05, 0) is 0 Å². The molecule has 7 heteroatoms. The van der Waals surface area contributed by atoms with Crippen LogP contribution in [0.25, 0.3) is 0 Å².